The van der Waals surface area contributed by atoms with E-state index in [1.807, 2.05) is 6.07 Å². The minimum atomic E-state index is -0.262. The topological polar surface area (TPSA) is 24.5 Å². The summed E-state index contributed by atoms with van der Waals surface area (Å²) in [7, 11) is 0. The molecule has 1 fully saturated rings. The summed E-state index contributed by atoms with van der Waals surface area (Å²) in [6.07, 6.45) is 3.63. The number of nitrogens with one attached hydrogen (secondary N) is 1. The standard InChI is InChI=1S/C16H25FN2O/c1-2-7-18-13-14-5-6-16(15(17)12-14)20-11-10-19-8-3-4-9-19/h5-6,12,18H,2-4,7-11,13H2,1H3. The van der Waals surface area contributed by atoms with Gasteiger partial charge in [0.25, 0.3) is 0 Å². The van der Waals surface area contributed by atoms with Crippen LogP contribution in [-0.4, -0.2) is 37.7 Å². The fourth-order valence-electron chi connectivity index (χ4n) is 2.47. The Morgan fingerprint density at radius 3 is 2.80 bits per heavy atom. The van der Waals surface area contributed by atoms with Gasteiger partial charge < -0.3 is 10.1 Å². The van der Waals surface area contributed by atoms with Gasteiger partial charge in [-0.2, -0.15) is 0 Å². The Labute approximate surface area is 121 Å². The van der Waals surface area contributed by atoms with E-state index in [2.05, 4.69) is 17.1 Å². The van der Waals surface area contributed by atoms with Crippen molar-refractivity contribution in [2.24, 2.45) is 0 Å². The van der Waals surface area contributed by atoms with E-state index in [1.54, 1.807) is 12.1 Å². The summed E-state index contributed by atoms with van der Waals surface area (Å²) < 4.78 is 19.4. The first-order valence-corrected chi connectivity index (χ1v) is 7.64. The lowest BCUT2D eigenvalue weighted by Crippen LogP contribution is -2.25. The predicted octanol–water partition coefficient (Wildman–Crippen LogP) is 2.80. The smallest absolute Gasteiger partial charge is 0.165 e. The van der Waals surface area contributed by atoms with Gasteiger partial charge in [-0.25, -0.2) is 4.39 Å². The molecule has 1 aliphatic rings. The number of hydrogen-bond acceptors (Lipinski definition) is 3. The van der Waals surface area contributed by atoms with Crippen LogP contribution in [0.25, 0.3) is 0 Å². The first kappa shape index (κ1) is 15.3. The number of rotatable bonds is 8. The molecule has 20 heavy (non-hydrogen) atoms. The zero-order valence-electron chi connectivity index (χ0n) is 12.3. The first-order valence-electron chi connectivity index (χ1n) is 7.64. The maximum Gasteiger partial charge on any atom is 0.165 e. The maximum atomic E-state index is 13.9. The van der Waals surface area contributed by atoms with E-state index < -0.39 is 0 Å². The molecule has 0 atom stereocenters. The molecule has 1 N–H and O–H groups in total. The molecule has 0 aliphatic carbocycles. The quantitative estimate of drug-likeness (QED) is 0.741. The zero-order valence-corrected chi connectivity index (χ0v) is 12.3. The van der Waals surface area contributed by atoms with Gasteiger partial charge in [-0.05, 0) is 56.6 Å². The summed E-state index contributed by atoms with van der Waals surface area (Å²) in [5, 5.41) is 3.26. The normalized spacial score (nSPS) is 15.7. The van der Waals surface area contributed by atoms with Crippen LogP contribution in [0, 0.1) is 5.82 Å². The highest BCUT2D eigenvalue weighted by Crippen LogP contribution is 2.18. The van der Waals surface area contributed by atoms with Crippen molar-refractivity contribution >= 4 is 0 Å². The Hall–Kier alpha value is -1.13. The Morgan fingerprint density at radius 2 is 2.10 bits per heavy atom. The molecule has 0 unspecified atom stereocenters. The van der Waals surface area contributed by atoms with Crippen molar-refractivity contribution in [1.29, 1.82) is 0 Å². The van der Waals surface area contributed by atoms with E-state index in [0.29, 0.717) is 18.9 Å². The van der Waals surface area contributed by atoms with Crippen molar-refractivity contribution < 1.29 is 9.13 Å². The van der Waals surface area contributed by atoms with E-state index in [-0.39, 0.29) is 5.82 Å². The minimum Gasteiger partial charge on any atom is -0.489 e. The van der Waals surface area contributed by atoms with Crippen LogP contribution in [0.2, 0.25) is 0 Å². The van der Waals surface area contributed by atoms with Crippen LogP contribution in [0.1, 0.15) is 31.7 Å². The fourth-order valence-corrected chi connectivity index (χ4v) is 2.47. The Bertz CT molecular complexity index is 405. The molecule has 0 bridgehead atoms. The number of benzene rings is 1. The van der Waals surface area contributed by atoms with Gasteiger partial charge in [0.05, 0.1) is 0 Å². The van der Waals surface area contributed by atoms with Gasteiger partial charge in [0.1, 0.15) is 6.61 Å². The van der Waals surface area contributed by atoms with Crippen molar-refractivity contribution in [1.82, 2.24) is 10.2 Å². The first-order chi connectivity index (χ1) is 9.79. The van der Waals surface area contributed by atoms with Gasteiger partial charge in [0.2, 0.25) is 0 Å². The van der Waals surface area contributed by atoms with E-state index in [0.717, 1.165) is 38.2 Å². The molecule has 112 valence electrons. The lowest BCUT2D eigenvalue weighted by Gasteiger charge is -2.15. The van der Waals surface area contributed by atoms with Gasteiger partial charge in [-0.15, -0.1) is 0 Å². The molecule has 1 saturated heterocycles. The Kier molecular flexibility index (Phi) is 6.27. The second-order valence-corrected chi connectivity index (χ2v) is 5.34. The van der Waals surface area contributed by atoms with Gasteiger partial charge in [0.15, 0.2) is 11.6 Å². The van der Waals surface area contributed by atoms with Crippen molar-refractivity contribution in [2.45, 2.75) is 32.7 Å². The number of likely N-dealkylation sites (tertiary alicyclic amines) is 1. The highest BCUT2D eigenvalue weighted by molar-refractivity contribution is 5.29. The molecule has 1 aliphatic heterocycles. The molecule has 1 heterocycles. The van der Waals surface area contributed by atoms with Crippen LogP contribution in [0.3, 0.4) is 0 Å². The Balaban J connectivity index is 1.76. The third kappa shape index (κ3) is 4.76. The van der Waals surface area contributed by atoms with Gasteiger partial charge in [-0.3, -0.25) is 4.90 Å². The molecule has 0 aromatic heterocycles. The summed E-state index contributed by atoms with van der Waals surface area (Å²) in [6, 6.07) is 5.23. The molecular weight excluding hydrogens is 255 g/mol. The molecule has 0 radical (unpaired) electrons. The molecule has 4 heteroatoms. The summed E-state index contributed by atoms with van der Waals surface area (Å²) in [5.74, 6) is 0.102. The monoisotopic (exact) mass is 280 g/mol. The molecule has 1 aromatic rings. The zero-order chi connectivity index (χ0) is 14.2. The second kappa shape index (κ2) is 8.22. The lowest BCUT2D eigenvalue weighted by atomic mass is 10.2. The largest absolute Gasteiger partial charge is 0.489 e. The number of ether oxygens (including phenoxy) is 1. The van der Waals surface area contributed by atoms with E-state index in [4.69, 9.17) is 4.74 Å². The van der Waals surface area contributed by atoms with Crippen molar-refractivity contribution in [3.63, 3.8) is 0 Å². The fraction of sp³-hybridized carbons (Fsp3) is 0.625. The van der Waals surface area contributed by atoms with E-state index >= 15 is 0 Å². The highest BCUT2D eigenvalue weighted by Gasteiger charge is 2.11. The summed E-state index contributed by atoms with van der Waals surface area (Å²) >= 11 is 0. The Morgan fingerprint density at radius 1 is 1.30 bits per heavy atom. The average Bonchev–Trinajstić information content (AvgIpc) is 2.95. The van der Waals surface area contributed by atoms with Crippen LogP contribution < -0.4 is 10.1 Å². The molecule has 2 rings (SSSR count). The summed E-state index contributed by atoms with van der Waals surface area (Å²) in [5.41, 5.74) is 0.961. The van der Waals surface area contributed by atoms with Crippen LogP contribution in [0.15, 0.2) is 18.2 Å². The number of nitrogens with zero attached hydrogens (tertiary/aromatic N) is 1. The van der Waals surface area contributed by atoms with E-state index in [1.165, 1.54) is 12.8 Å². The van der Waals surface area contributed by atoms with Gasteiger partial charge in [0, 0.05) is 13.1 Å². The lowest BCUT2D eigenvalue weighted by molar-refractivity contribution is 0.231. The number of hydrogen-bond donors (Lipinski definition) is 1. The SMILES string of the molecule is CCCNCc1ccc(OCCN2CCCC2)c(F)c1. The molecule has 0 amide bonds. The van der Waals surface area contributed by atoms with Crippen LogP contribution in [0.5, 0.6) is 5.75 Å². The molecule has 1 aromatic carbocycles. The minimum absolute atomic E-state index is 0.262. The molecule has 0 spiro atoms. The highest BCUT2D eigenvalue weighted by atomic mass is 19.1. The van der Waals surface area contributed by atoms with Gasteiger partial charge in [-0.1, -0.05) is 13.0 Å². The second-order valence-electron chi connectivity index (χ2n) is 5.34. The van der Waals surface area contributed by atoms with Crippen LogP contribution in [0.4, 0.5) is 4.39 Å². The molecule has 0 saturated carbocycles. The maximum absolute atomic E-state index is 13.9. The van der Waals surface area contributed by atoms with Crippen molar-refractivity contribution in [3.8, 4) is 5.75 Å². The van der Waals surface area contributed by atoms with Crippen molar-refractivity contribution in [3.05, 3.63) is 29.6 Å². The summed E-state index contributed by atoms with van der Waals surface area (Å²) in [4.78, 5) is 2.36. The van der Waals surface area contributed by atoms with Crippen LogP contribution >= 0.6 is 0 Å². The predicted molar refractivity (Wildman–Crippen MR) is 79.6 cm³/mol. The van der Waals surface area contributed by atoms with Crippen LogP contribution in [-0.2, 0) is 6.54 Å². The third-order valence-corrected chi connectivity index (χ3v) is 3.62. The molecular formula is C16H25FN2O. The average molecular weight is 280 g/mol. The van der Waals surface area contributed by atoms with Crippen molar-refractivity contribution in [2.75, 3.05) is 32.8 Å². The number of halogens is 1. The molecule has 3 nitrogen and oxygen atoms in total. The van der Waals surface area contributed by atoms with Gasteiger partial charge >= 0.3 is 0 Å². The third-order valence-electron chi connectivity index (χ3n) is 3.62. The van der Waals surface area contributed by atoms with E-state index in [9.17, 15) is 4.39 Å². The summed E-state index contributed by atoms with van der Waals surface area (Å²) in [6.45, 7) is 7.52.